The number of aromatic nitrogens is 2. The van der Waals surface area contributed by atoms with E-state index in [1.54, 1.807) is 53.9 Å². The molecule has 0 atom stereocenters. The minimum Gasteiger partial charge on any atom is -0.399 e. The molecule has 0 saturated carbocycles. The number of nitro groups is 1. The summed E-state index contributed by atoms with van der Waals surface area (Å²) in [6, 6.07) is 40.0. The molecular weight excluding hydrogens is 757 g/mol. The first kappa shape index (κ1) is 39.9. The Kier molecular flexibility index (Phi) is 12.7. The zero-order valence-corrected chi connectivity index (χ0v) is 32.9. The highest BCUT2D eigenvalue weighted by Gasteiger charge is 2.12. The number of nitrogens with zero attached hydrogens (tertiary/aromatic N) is 3. The van der Waals surface area contributed by atoms with Crippen molar-refractivity contribution in [1.29, 1.82) is 0 Å². The van der Waals surface area contributed by atoms with Crippen molar-refractivity contribution in [2.45, 2.75) is 20.8 Å². The summed E-state index contributed by atoms with van der Waals surface area (Å²) in [4.78, 5) is 44.1. The van der Waals surface area contributed by atoms with E-state index in [2.05, 4.69) is 52.6 Å². The number of amides is 2. The molecule has 2 amide bonds. The van der Waals surface area contributed by atoms with Crippen molar-refractivity contribution in [1.82, 2.24) is 9.97 Å². The van der Waals surface area contributed by atoms with E-state index in [9.17, 15) is 19.7 Å². The molecule has 5 N–H and O–H groups in total. The zero-order valence-electron chi connectivity index (χ0n) is 31.2. The highest BCUT2D eigenvalue weighted by Crippen LogP contribution is 2.33. The number of aryl methyl sites for hydroxylation is 2. The Bertz CT molecular complexity index is 2660. The number of nitrogens with one attached hydrogen (secondary N) is 2. The average molecular weight is 795 g/mol. The van der Waals surface area contributed by atoms with Crippen LogP contribution in [-0.2, 0) is 0 Å². The summed E-state index contributed by atoms with van der Waals surface area (Å²) in [5.41, 5.74) is 15.0. The third kappa shape index (κ3) is 10.3. The van der Waals surface area contributed by atoms with Crippen LogP contribution in [0.25, 0.3) is 41.6 Å². The molecule has 6 aromatic carbocycles. The van der Waals surface area contributed by atoms with Gasteiger partial charge in [-0.15, -0.1) is 22.7 Å². The van der Waals surface area contributed by atoms with E-state index in [4.69, 9.17) is 10.8 Å². The van der Waals surface area contributed by atoms with Crippen LogP contribution in [0.5, 0.6) is 0 Å². The molecule has 0 bridgehead atoms. The Morgan fingerprint density at radius 2 is 1.04 bits per heavy atom. The number of carbonyl (C=O) groups excluding carboxylic acids is 2. The fourth-order valence-corrected chi connectivity index (χ4v) is 7.62. The number of hydrogen-bond acceptors (Lipinski definition) is 10. The molecule has 13 heteroatoms. The highest BCUT2D eigenvalue weighted by atomic mass is 32.1. The predicted octanol–water partition coefficient (Wildman–Crippen LogP) is 10.5. The standard InChI is InChI=1S/C21H15N3O3S.C21H17N3OS.C2H6O/c1-13-2-11-18-19(12-13)28-21(23-18)15-3-7-16(8-4-15)22-20(25)14-5-9-17(10-6-14)24(26)27;1-13-2-11-18-19(12-13)26-21(24-18)15-5-9-17(10-6-15)23-20(25)14-3-7-16(22)8-4-14;1-2-3/h2-12H,1H3,(H,22,25);2-12H,22H2,1H3,(H,23,25);3H,2H2,1H3. The average Bonchev–Trinajstić information content (AvgIpc) is 3.83. The summed E-state index contributed by atoms with van der Waals surface area (Å²) in [5.74, 6) is -0.480. The molecule has 0 unspecified atom stereocenters. The van der Waals surface area contributed by atoms with Gasteiger partial charge in [-0.1, -0.05) is 12.1 Å². The van der Waals surface area contributed by atoms with E-state index < -0.39 is 4.92 Å². The lowest BCUT2D eigenvalue weighted by Gasteiger charge is -2.06. The van der Waals surface area contributed by atoms with Gasteiger partial charge in [0.1, 0.15) is 10.0 Å². The maximum absolute atomic E-state index is 12.3. The Balaban J connectivity index is 0.000000181. The van der Waals surface area contributed by atoms with Crippen LogP contribution >= 0.6 is 22.7 Å². The van der Waals surface area contributed by atoms with Crippen molar-refractivity contribution >= 4 is 77.7 Å². The molecule has 2 aromatic heterocycles. The van der Waals surface area contributed by atoms with E-state index in [0.29, 0.717) is 22.5 Å². The monoisotopic (exact) mass is 794 g/mol. The van der Waals surface area contributed by atoms with Crippen LogP contribution in [0.2, 0.25) is 0 Å². The molecule has 0 saturated heterocycles. The Morgan fingerprint density at radius 3 is 1.42 bits per heavy atom. The van der Waals surface area contributed by atoms with Crippen molar-refractivity contribution in [2.75, 3.05) is 23.0 Å². The molecule has 2 heterocycles. The molecule has 0 aliphatic heterocycles. The number of anilines is 3. The van der Waals surface area contributed by atoms with Crippen molar-refractivity contribution in [2.24, 2.45) is 0 Å². The largest absolute Gasteiger partial charge is 0.399 e. The number of nitrogen functional groups attached to an aromatic ring is 1. The first-order valence-electron chi connectivity index (χ1n) is 17.8. The maximum atomic E-state index is 12.3. The van der Waals surface area contributed by atoms with Gasteiger partial charge in [-0.3, -0.25) is 19.7 Å². The lowest BCUT2D eigenvalue weighted by Crippen LogP contribution is -2.11. The molecule has 0 radical (unpaired) electrons. The van der Waals surface area contributed by atoms with Crippen LogP contribution < -0.4 is 16.4 Å². The normalized spacial score (nSPS) is 10.5. The summed E-state index contributed by atoms with van der Waals surface area (Å²) in [7, 11) is 0. The van der Waals surface area contributed by atoms with Crippen LogP contribution in [0.4, 0.5) is 22.7 Å². The molecule has 8 rings (SSSR count). The van der Waals surface area contributed by atoms with Crippen molar-refractivity contribution in [3.05, 3.63) is 166 Å². The van der Waals surface area contributed by atoms with Crippen molar-refractivity contribution in [3.63, 3.8) is 0 Å². The fourth-order valence-electron chi connectivity index (χ4n) is 5.48. The minimum atomic E-state index is -0.496. The van der Waals surface area contributed by atoms with Gasteiger partial charge in [0.15, 0.2) is 0 Å². The SMILES string of the molecule is CCO.Cc1ccc2nc(-c3ccc(NC(=O)c4ccc(N)cc4)cc3)sc2c1.Cc1ccc2nc(-c3ccc(NC(=O)c4ccc([N+](=O)[O-])cc4)cc3)sc2c1. The van der Waals surface area contributed by atoms with E-state index in [1.165, 1.54) is 40.1 Å². The summed E-state index contributed by atoms with van der Waals surface area (Å²) >= 11 is 3.30. The predicted molar refractivity (Wildman–Crippen MR) is 232 cm³/mol. The van der Waals surface area contributed by atoms with Gasteiger partial charge in [-0.2, -0.15) is 0 Å². The molecule has 57 heavy (non-hydrogen) atoms. The number of hydrogen-bond donors (Lipinski definition) is 4. The number of nitro benzene ring substituents is 1. The quantitative estimate of drug-likeness (QED) is 0.0701. The summed E-state index contributed by atoms with van der Waals surface area (Å²) in [6.07, 6.45) is 0. The van der Waals surface area contributed by atoms with Crippen molar-refractivity contribution < 1.29 is 19.6 Å². The minimum absolute atomic E-state index is 0.0491. The number of fused-ring (bicyclic) bond motifs is 2. The van der Waals surface area contributed by atoms with Gasteiger partial charge >= 0.3 is 0 Å². The first-order valence-corrected chi connectivity index (χ1v) is 19.4. The number of aliphatic hydroxyl groups excluding tert-OH is 1. The Labute approximate surface area is 336 Å². The van der Waals surface area contributed by atoms with Crippen molar-refractivity contribution in [3.8, 4) is 21.1 Å². The number of aliphatic hydroxyl groups is 1. The fraction of sp³-hybridized carbons (Fsp3) is 0.0909. The van der Waals surface area contributed by atoms with Crippen LogP contribution in [0, 0.1) is 24.0 Å². The third-order valence-corrected chi connectivity index (χ3v) is 10.5. The highest BCUT2D eigenvalue weighted by molar-refractivity contribution is 7.22. The molecular formula is C44H38N6O5S2. The number of nitrogens with two attached hydrogens (primary N) is 1. The van der Waals surface area contributed by atoms with Crippen LogP contribution in [0.15, 0.2) is 133 Å². The number of thiazole rings is 2. The number of carbonyl (C=O) groups is 2. The molecule has 8 aromatic rings. The molecule has 11 nitrogen and oxygen atoms in total. The Hall–Kier alpha value is -6.80. The van der Waals surface area contributed by atoms with E-state index in [1.807, 2.05) is 66.7 Å². The summed E-state index contributed by atoms with van der Waals surface area (Å²) in [6.45, 7) is 6.07. The van der Waals surface area contributed by atoms with Gasteiger partial charge in [-0.05, 0) is 141 Å². The second kappa shape index (κ2) is 18.2. The maximum Gasteiger partial charge on any atom is 0.269 e. The van der Waals surface area contributed by atoms with Gasteiger partial charge in [0.25, 0.3) is 17.5 Å². The van der Waals surface area contributed by atoms with Gasteiger partial charge in [0, 0.05) is 58.1 Å². The van der Waals surface area contributed by atoms with Crippen LogP contribution in [-0.4, -0.2) is 38.4 Å². The molecule has 0 aliphatic rings. The number of benzene rings is 6. The van der Waals surface area contributed by atoms with Gasteiger partial charge in [0.05, 0.1) is 25.4 Å². The number of rotatable bonds is 7. The van der Waals surface area contributed by atoms with E-state index in [-0.39, 0.29) is 24.1 Å². The number of non-ortho nitro benzene ring substituents is 1. The van der Waals surface area contributed by atoms with Crippen LogP contribution in [0.1, 0.15) is 38.8 Å². The Morgan fingerprint density at radius 1 is 0.649 bits per heavy atom. The molecule has 0 spiro atoms. The topological polar surface area (TPSA) is 173 Å². The second-order valence-electron chi connectivity index (χ2n) is 12.8. The molecule has 0 aliphatic carbocycles. The summed E-state index contributed by atoms with van der Waals surface area (Å²) in [5, 5.41) is 25.9. The summed E-state index contributed by atoms with van der Waals surface area (Å²) < 4.78 is 2.33. The molecule has 0 fully saturated rings. The van der Waals surface area contributed by atoms with E-state index >= 15 is 0 Å². The van der Waals surface area contributed by atoms with Gasteiger partial charge in [0.2, 0.25) is 0 Å². The lowest BCUT2D eigenvalue weighted by molar-refractivity contribution is -0.384. The van der Waals surface area contributed by atoms with E-state index in [0.717, 1.165) is 42.6 Å². The first-order chi connectivity index (χ1) is 27.5. The van der Waals surface area contributed by atoms with Crippen LogP contribution in [0.3, 0.4) is 0 Å². The smallest absolute Gasteiger partial charge is 0.269 e. The second-order valence-corrected chi connectivity index (χ2v) is 14.8. The molecule has 286 valence electrons. The zero-order chi connectivity index (χ0) is 40.5. The third-order valence-electron chi connectivity index (χ3n) is 8.38. The van der Waals surface area contributed by atoms with Gasteiger partial charge < -0.3 is 21.5 Å². The van der Waals surface area contributed by atoms with Gasteiger partial charge in [-0.25, -0.2) is 9.97 Å². The lowest BCUT2D eigenvalue weighted by atomic mass is 10.1.